The quantitative estimate of drug-likeness (QED) is 0.449. The Bertz CT molecular complexity index is 1120. The van der Waals surface area contributed by atoms with Crippen molar-refractivity contribution < 1.29 is 22.9 Å². The van der Waals surface area contributed by atoms with E-state index in [0.29, 0.717) is 17.0 Å². The molecule has 0 radical (unpaired) electrons. The summed E-state index contributed by atoms with van der Waals surface area (Å²) in [5.41, 5.74) is 0.571. The normalized spacial score (nSPS) is 11.5. The first-order chi connectivity index (χ1) is 14.5. The minimum atomic E-state index is -4.43. The van der Waals surface area contributed by atoms with E-state index in [4.69, 9.17) is 0 Å². The van der Waals surface area contributed by atoms with Crippen LogP contribution in [0, 0.1) is 24.0 Å². The van der Waals surface area contributed by atoms with E-state index in [9.17, 15) is 28.1 Å². The molecule has 1 N–H and O–H groups in total. The maximum atomic E-state index is 12.9. The van der Waals surface area contributed by atoms with Gasteiger partial charge in [0.25, 0.3) is 0 Å². The lowest BCUT2D eigenvalue weighted by Gasteiger charge is -2.09. The molecule has 3 aromatic rings. The van der Waals surface area contributed by atoms with Gasteiger partial charge < -0.3 is 5.32 Å². The maximum Gasteiger partial charge on any atom is 0.416 e. The molecule has 0 saturated carbocycles. The van der Waals surface area contributed by atoms with Gasteiger partial charge in [-0.2, -0.15) is 23.4 Å². The molecule has 0 saturated heterocycles. The van der Waals surface area contributed by atoms with E-state index in [1.807, 2.05) is 0 Å². The molecule has 3 rings (SSSR count). The zero-order valence-electron chi connectivity index (χ0n) is 16.7. The maximum absolute atomic E-state index is 12.9. The molecule has 0 bridgehead atoms. The van der Waals surface area contributed by atoms with E-state index >= 15 is 0 Å². The summed E-state index contributed by atoms with van der Waals surface area (Å²) in [6, 6.07) is 6.57. The smallest absolute Gasteiger partial charge is 0.309 e. The number of benzene rings is 1. The first kappa shape index (κ1) is 22.0. The van der Waals surface area contributed by atoms with Crippen LogP contribution in [0.5, 0.6) is 0 Å². The molecular weight excluding hydrogens is 417 g/mol. The number of aryl methyl sites for hydroxylation is 2. The summed E-state index contributed by atoms with van der Waals surface area (Å²) in [5, 5.41) is 21.6. The Labute approximate surface area is 174 Å². The van der Waals surface area contributed by atoms with Crippen LogP contribution in [-0.2, 0) is 24.1 Å². The van der Waals surface area contributed by atoms with Crippen LogP contribution in [0.25, 0.3) is 0 Å². The Balaban J connectivity index is 1.62. The number of rotatable bonds is 7. The molecule has 2 heterocycles. The monoisotopic (exact) mass is 436 g/mol. The molecule has 0 aliphatic heterocycles. The molecule has 0 unspecified atom stereocenters. The third-order valence-corrected chi connectivity index (χ3v) is 4.66. The van der Waals surface area contributed by atoms with E-state index in [1.54, 1.807) is 26.0 Å². The summed E-state index contributed by atoms with van der Waals surface area (Å²) in [4.78, 5) is 22.5. The molecule has 1 aromatic carbocycles. The van der Waals surface area contributed by atoms with Gasteiger partial charge in [-0.25, -0.2) is 0 Å². The standard InChI is InChI=1S/C19H19F3N6O3/c1-12-8-17(24-18(29)6-7-26-13(2)16(10-23-26)28(30)31)25-27(12)11-14-4-3-5-15(9-14)19(20,21)22/h3-5,8-10H,6-7,11H2,1-2H3,(H,24,25,29). The van der Waals surface area contributed by atoms with Gasteiger partial charge in [-0.05, 0) is 31.5 Å². The van der Waals surface area contributed by atoms with E-state index in [1.165, 1.54) is 15.4 Å². The highest BCUT2D eigenvalue weighted by molar-refractivity contribution is 5.89. The minimum Gasteiger partial charge on any atom is -0.309 e. The average Bonchev–Trinajstić information content (AvgIpc) is 3.21. The van der Waals surface area contributed by atoms with Crippen LogP contribution < -0.4 is 5.32 Å². The lowest BCUT2D eigenvalue weighted by molar-refractivity contribution is -0.385. The summed E-state index contributed by atoms with van der Waals surface area (Å²) in [6.45, 7) is 3.53. The number of carbonyl (C=O) groups excluding carboxylic acids is 1. The van der Waals surface area contributed by atoms with Crippen molar-refractivity contribution in [1.82, 2.24) is 19.6 Å². The summed E-state index contributed by atoms with van der Waals surface area (Å²) in [7, 11) is 0. The molecule has 0 fully saturated rings. The first-order valence-corrected chi connectivity index (χ1v) is 9.22. The summed E-state index contributed by atoms with van der Waals surface area (Å²) < 4.78 is 41.5. The Morgan fingerprint density at radius 2 is 1.97 bits per heavy atom. The largest absolute Gasteiger partial charge is 0.416 e. The van der Waals surface area contributed by atoms with Crippen LogP contribution >= 0.6 is 0 Å². The average molecular weight is 436 g/mol. The molecular formula is C19H19F3N6O3. The molecule has 0 aliphatic rings. The van der Waals surface area contributed by atoms with Crippen LogP contribution in [0.2, 0.25) is 0 Å². The number of hydrogen-bond donors (Lipinski definition) is 1. The van der Waals surface area contributed by atoms with Crippen LogP contribution in [0.1, 0.15) is 28.9 Å². The molecule has 31 heavy (non-hydrogen) atoms. The highest BCUT2D eigenvalue weighted by atomic mass is 19.4. The number of alkyl halides is 3. The SMILES string of the molecule is Cc1cc(NC(=O)CCn2ncc([N+](=O)[O-])c2C)nn1Cc1cccc(C(F)(F)F)c1. The molecule has 12 heteroatoms. The summed E-state index contributed by atoms with van der Waals surface area (Å²) >= 11 is 0. The van der Waals surface area contributed by atoms with Crippen molar-refractivity contribution in [3.63, 3.8) is 0 Å². The predicted octanol–water partition coefficient (Wildman–Crippen LogP) is 3.70. The number of anilines is 1. The van der Waals surface area contributed by atoms with Gasteiger partial charge in [0.05, 0.1) is 23.6 Å². The van der Waals surface area contributed by atoms with Crippen molar-refractivity contribution in [1.29, 1.82) is 0 Å². The van der Waals surface area contributed by atoms with E-state index in [0.717, 1.165) is 18.3 Å². The predicted molar refractivity (Wildman–Crippen MR) is 104 cm³/mol. The van der Waals surface area contributed by atoms with Gasteiger partial charge in [0.15, 0.2) is 5.82 Å². The Morgan fingerprint density at radius 1 is 1.23 bits per heavy atom. The second-order valence-corrected chi connectivity index (χ2v) is 6.92. The summed E-state index contributed by atoms with van der Waals surface area (Å²) in [6.07, 6.45) is -3.28. The van der Waals surface area contributed by atoms with Gasteiger partial charge in [0.1, 0.15) is 11.9 Å². The molecule has 164 valence electrons. The number of aromatic nitrogens is 4. The number of nitrogens with zero attached hydrogens (tertiary/aromatic N) is 5. The molecule has 9 nitrogen and oxygen atoms in total. The fourth-order valence-electron chi connectivity index (χ4n) is 3.00. The Hall–Kier alpha value is -3.70. The number of nitrogens with one attached hydrogen (secondary N) is 1. The zero-order valence-corrected chi connectivity index (χ0v) is 16.7. The van der Waals surface area contributed by atoms with E-state index < -0.39 is 16.7 Å². The van der Waals surface area contributed by atoms with Crippen molar-refractivity contribution in [3.05, 3.63) is 69.2 Å². The minimum absolute atomic E-state index is 0.0131. The lowest BCUT2D eigenvalue weighted by Crippen LogP contribution is -2.16. The third-order valence-electron chi connectivity index (χ3n) is 4.66. The number of nitro groups is 1. The third kappa shape index (κ3) is 5.27. The van der Waals surface area contributed by atoms with Crippen molar-refractivity contribution in [2.24, 2.45) is 0 Å². The van der Waals surface area contributed by atoms with Gasteiger partial charge >= 0.3 is 11.9 Å². The second kappa shape index (κ2) is 8.58. The van der Waals surface area contributed by atoms with E-state index in [2.05, 4.69) is 15.5 Å². The zero-order chi connectivity index (χ0) is 22.8. The van der Waals surface area contributed by atoms with Crippen LogP contribution in [0.3, 0.4) is 0 Å². The van der Waals surface area contributed by atoms with Crippen LogP contribution in [-0.4, -0.2) is 30.4 Å². The van der Waals surface area contributed by atoms with Gasteiger partial charge in [-0.3, -0.25) is 24.3 Å². The molecule has 0 spiro atoms. The lowest BCUT2D eigenvalue weighted by atomic mass is 10.1. The first-order valence-electron chi connectivity index (χ1n) is 9.22. The van der Waals surface area contributed by atoms with Gasteiger partial charge in [0.2, 0.25) is 5.91 Å². The van der Waals surface area contributed by atoms with Gasteiger partial charge in [-0.15, -0.1) is 0 Å². The van der Waals surface area contributed by atoms with Crippen LogP contribution in [0.4, 0.5) is 24.7 Å². The van der Waals surface area contributed by atoms with Crippen molar-refractivity contribution in [3.8, 4) is 0 Å². The van der Waals surface area contributed by atoms with Crippen molar-refractivity contribution in [2.75, 3.05) is 5.32 Å². The molecule has 2 aromatic heterocycles. The highest BCUT2D eigenvalue weighted by Crippen LogP contribution is 2.29. The molecule has 0 atom stereocenters. The number of halogens is 3. The van der Waals surface area contributed by atoms with Crippen molar-refractivity contribution >= 4 is 17.4 Å². The van der Waals surface area contributed by atoms with Gasteiger partial charge in [-0.1, -0.05) is 12.1 Å². The number of carbonyl (C=O) groups is 1. The van der Waals surface area contributed by atoms with Crippen LogP contribution in [0.15, 0.2) is 36.5 Å². The Morgan fingerprint density at radius 3 is 2.61 bits per heavy atom. The highest BCUT2D eigenvalue weighted by Gasteiger charge is 2.30. The topological polar surface area (TPSA) is 108 Å². The van der Waals surface area contributed by atoms with E-state index in [-0.39, 0.29) is 36.9 Å². The molecule has 0 aliphatic carbocycles. The van der Waals surface area contributed by atoms with Crippen molar-refractivity contribution in [2.45, 2.75) is 39.5 Å². The Kier molecular flexibility index (Phi) is 6.09. The fraction of sp³-hybridized carbons (Fsp3) is 0.316. The van der Waals surface area contributed by atoms with Gasteiger partial charge in [0, 0.05) is 18.2 Å². The number of hydrogen-bond acceptors (Lipinski definition) is 5. The second-order valence-electron chi connectivity index (χ2n) is 6.92. The summed E-state index contributed by atoms with van der Waals surface area (Å²) in [5.74, 6) is -0.112. The molecule has 1 amide bonds. The fourth-order valence-corrected chi connectivity index (χ4v) is 3.00. The number of amides is 1.